The normalized spacial score (nSPS) is 11.9. The second-order valence-corrected chi connectivity index (χ2v) is 7.92. The number of benzene rings is 2. The van der Waals surface area contributed by atoms with Crippen molar-refractivity contribution in [2.45, 2.75) is 17.2 Å². The molecule has 1 heterocycles. The molecule has 1 aromatic heterocycles. The smallest absolute Gasteiger partial charge is 0.233 e. The third-order valence-corrected chi connectivity index (χ3v) is 5.38. The maximum absolute atomic E-state index is 12.2. The molecule has 1 unspecified atom stereocenters. The van der Waals surface area contributed by atoms with Crippen LogP contribution in [-0.2, 0) is 4.79 Å². The fourth-order valence-corrected chi connectivity index (χ4v) is 3.63. The zero-order chi connectivity index (χ0) is 18.5. The number of para-hydroxylation sites is 1. The first-order chi connectivity index (χ1) is 12.6. The van der Waals surface area contributed by atoms with Gasteiger partial charge in [0.2, 0.25) is 5.91 Å². The van der Waals surface area contributed by atoms with Crippen LogP contribution in [0.15, 0.2) is 70.7 Å². The maximum Gasteiger partial charge on any atom is 0.233 e. The summed E-state index contributed by atoms with van der Waals surface area (Å²) in [5, 5.41) is 4.30. The van der Waals surface area contributed by atoms with Crippen LogP contribution in [0.1, 0.15) is 6.92 Å². The number of halogens is 1. The number of carbonyl (C=O) groups excluding carboxylic acids is 1. The van der Waals surface area contributed by atoms with Gasteiger partial charge in [-0.15, -0.1) is 6.58 Å². The van der Waals surface area contributed by atoms with Crippen LogP contribution in [0.25, 0.3) is 22.3 Å². The molecule has 0 aliphatic rings. The molecular formula is C20H18BrN3OS. The summed E-state index contributed by atoms with van der Waals surface area (Å²) < 4.78 is 1.00. The minimum Gasteiger partial charge on any atom is -0.352 e. The molecule has 1 atom stereocenters. The molecule has 4 nitrogen and oxygen atoms in total. The van der Waals surface area contributed by atoms with E-state index in [1.54, 1.807) is 6.08 Å². The predicted octanol–water partition coefficient (Wildman–Crippen LogP) is 4.84. The van der Waals surface area contributed by atoms with E-state index in [9.17, 15) is 4.79 Å². The molecule has 0 saturated carbocycles. The minimum absolute atomic E-state index is 0.0391. The van der Waals surface area contributed by atoms with Gasteiger partial charge in [0.1, 0.15) is 5.03 Å². The molecule has 0 aliphatic carbocycles. The topological polar surface area (TPSA) is 54.9 Å². The number of fused-ring (bicyclic) bond motifs is 1. The average molecular weight is 428 g/mol. The van der Waals surface area contributed by atoms with Crippen molar-refractivity contribution in [3.8, 4) is 11.4 Å². The standard InChI is InChI=1S/C20H18BrN3OS/c1-3-12-22-19(25)13(2)26-20-16-6-4-5-7-17(16)23-18(24-20)14-8-10-15(21)11-9-14/h3-11,13H,1,12H2,2H3,(H,22,25). The Hall–Kier alpha value is -2.18. The van der Waals surface area contributed by atoms with E-state index in [1.807, 2.05) is 55.5 Å². The Labute approximate surface area is 165 Å². The molecule has 0 bridgehead atoms. The second-order valence-electron chi connectivity index (χ2n) is 5.67. The van der Waals surface area contributed by atoms with Crippen molar-refractivity contribution in [2.24, 2.45) is 0 Å². The lowest BCUT2D eigenvalue weighted by atomic mass is 10.2. The van der Waals surface area contributed by atoms with Gasteiger partial charge in [-0.1, -0.05) is 64.1 Å². The largest absolute Gasteiger partial charge is 0.352 e. The summed E-state index contributed by atoms with van der Waals surface area (Å²) >= 11 is 4.88. The van der Waals surface area contributed by atoms with Gasteiger partial charge in [-0.05, 0) is 25.1 Å². The van der Waals surface area contributed by atoms with Gasteiger partial charge in [-0.25, -0.2) is 9.97 Å². The number of nitrogens with zero attached hydrogens (tertiary/aromatic N) is 2. The number of aromatic nitrogens is 2. The van der Waals surface area contributed by atoms with Crippen LogP contribution in [-0.4, -0.2) is 27.7 Å². The number of hydrogen-bond acceptors (Lipinski definition) is 4. The zero-order valence-electron chi connectivity index (χ0n) is 14.3. The number of nitrogens with one attached hydrogen (secondary N) is 1. The number of carbonyl (C=O) groups is 1. The predicted molar refractivity (Wildman–Crippen MR) is 111 cm³/mol. The Balaban J connectivity index is 1.99. The highest BCUT2D eigenvalue weighted by Gasteiger charge is 2.17. The van der Waals surface area contributed by atoms with Gasteiger partial charge in [0.15, 0.2) is 5.82 Å². The number of thioether (sulfide) groups is 1. The number of rotatable bonds is 6. The maximum atomic E-state index is 12.2. The van der Waals surface area contributed by atoms with Crippen LogP contribution in [0, 0.1) is 0 Å². The van der Waals surface area contributed by atoms with Crippen LogP contribution < -0.4 is 5.32 Å². The Morgan fingerprint density at radius 3 is 2.69 bits per heavy atom. The third-order valence-electron chi connectivity index (χ3n) is 3.75. The minimum atomic E-state index is -0.272. The van der Waals surface area contributed by atoms with Crippen molar-refractivity contribution in [2.75, 3.05) is 6.54 Å². The monoisotopic (exact) mass is 427 g/mol. The fraction of sp³-hybridized carbons (Fsp3) is 0.150. The molecule has 0 aliphatic heterocycles. The van der Waals surface area contributed by atoms with E-state index >= 15 is 0 Å². The van der Waals surface area contributed by atoms with Crippen LogP contribution in [0.5, 0.6) is 0 Å². The summed E-state index contributed by atoms with van der Waals surface area (Å²) in [4.78, 5) is 21.6. The second kappa shape index (κ2) is 8.47. The van der Waals surface area contributed by atoms with Gasteiger partial charge in [-0.3, -0.25) is 4.79 Å². The Morgan fingerprint density at radius 2 is 1.96 bits per heavy atom. The summed E-state index contributed by atoms with van der Waals surface area (Å²) in [6.07, 6.45) is 1.67. The third kappa shape index (κ3) is 4.31. The lowest BCUT2D eigenvalue weighted by Crippen LogP contribution is -2.30. The first kappa shape index (κ1) is 18.6. The molecule has 3 rings (SSSR count). The van der Waals surface area contributed by atoms with Gasteiger partial charge >= 0.3 is 0 Å². The summed E-state index contributed by atoms with van der Waals surface area (Å²) in [5.74, 6) is 0.611. The van der Waals surface area contributed by atoms with Crippen LogP contribution >= 0.6 is 27.7 Å². The quantitative estimate of drug-likeness (QED) is 0.347. The SMILES string of the molecule is C=CCNC(=O)C(C)Sc1nc(-c2ccc(Br)cc2)nc2ccccc12. The summed E-state index contributed by atoms with van der Waals surface area (Å²) in [5.41, 5.74) is 1.80. The average Bonchev–Trinajstić information content (AvgIpc) is 2.66. The highest BCUT2D eigenvalue weighted by atomic mass is 79.9. The number of amides is 1. The van der Waals surface area contributed by atoms with Gasteiger partial charge in [0.05, 0.1) is 10.8 Å². The summed E-state index contributed by atoms with van der Waals surface area (Å²) in [7, 11) is 0. The molecule has 3 aromatic rings. The molecule has 6 heteroatoms. The summed E-state index contributed by atoms with van der Waals surface area (Å²) in [6, 6.07) is 15.7. The van der Waals surface area contributed by atoms with E-state index in [0.29, 0.717) is 12.4 Å². The summed E-state index contributed by atoms with van der Waals surface area (Å²) in [6.45, 7) is 5.95. The van der Waals surface area contributed by atoms with Crippen molar-refractivity contribution in [1.82, 2.24) is 15.3 Å². The van der Waals surface area contributed by atoms with Crippen molar-refractivity contribution >= 4 is 44.5 Å². The van der Waals surface area contributed by atoms with Crippen molar-refractivity contribution in [3.63, 3.8) is 0 Å². The highest BCUT2D eigenvalue weighted by Crippen LogP contribution is 2.31. The number of hydrogen-bond donors (Lipinski definition) is 1. The molecule has 2 aromatic carbocycles. The van der Waals surface area contributed by atoms with Crippen molar-refractivity contribution in [3.05, 3.63) is 65.7 Å². The van der Waals surface area contributed by atoms with E-state index in [4.69, 9.17) is 4.98 Å². The molecule has 132 valence electrons. The van der Waals surface area contributed by atoms with Gasteiger partial charge in [-0.2, -0.15) is 0 Å². The van der Waals surface area contributed by atoms with Crippen molar-refractivity contribution < 1.29 is 4.79 Å². The zero-order valence-corrected chi connectivity index (χ0v) is 16.7. The lowest BCUT2D eigenvalue weighted by Gasteiger charge is -2.13. The Morgan fingerprint density at radius 1 is 1.23 bits per heavy atom. The van der Waals surface area contributed by atoms with E-state index in [2.05, 4.69) is 32.8 Å². The molecular weight excluding hydrogens is 410 g/mol. The van der Waals surface area contributed by atoms with Gasteiger partial charge < -0.3 is 5.32 Å². The van der Waals surface area contributed by atoms with Gasteiger partial charge in [0, 0.05) is 22.0 Å². The Bertz CT molecular complexity index is 943. The molecule has 26 heavy (non-hydrogen) atoms. The van der Waals surface area contributed by atoms with Crippen LogP contribution in [0.3, 0.4) is 0 Å². The van der Waals surface area contributed by atoms with Crippen LogP contribution in [0.2, 0.25) is 0 Å². The molecule has 1 amide bonds. The molecule has 0 saturated heterocycles. The molecule has 0 radical (unpaired) electrons. The van der Waals surface area contributed by atoms with E-state index in [1.165, 1.54) is 11.8 Å². The molecule has 0 fully saturated rings. The molecule has 1 N–H and O–H groups in total. The van der Waals surface area contributed by atoms with E-state index in [0.717, 1.165) is 26.0 Å². The lowest BCUT2D eigenvalue weighted by molar-refractivity contribution is -0.120. The van der Waals surface area contributed by atoms with Crippen molar-refractivity contribution in [1.29, 1.82) is 0 Å². The van der Waals surface area contributed by atoms with Crippen LogP contribution in [0.4, 0.5) is 0 Å². The highest BCUT2D eigenvalue weighted by molar-refractivity contribution is 9.10. The fourth-order valence-electron chi connectivity index (χ4n) is 2.40. The van der Waals surface area contributed by atoms with Gasteiger partial charge in [0.25, 0.3) is 0 Å². The Kier molecular flexibility index (Phi) is 6.06. The van der Waals surface area contributed by atoms with E-state index < -0.39 is 0 Å². The first-order valence-corrected chi connectivity index (χ1v) is 9.83. The van der Waals surface area contributed by atoms with E-state index in [-0.39, 0.29) is 11.2 Å². The first-order valence-electron chi connectivity index (χ1n) is 8.16. The molecule has 0 spiro atoms.